The van der Waals surface area contributed by atoms with E-state index in [1.165, 1.54) is 10.4 Å². The number of alkyl halides is 1. The van der Waals surface area contributed by atoms with Crippen LogP contribution in [0.15, 0.2) is 15.4 Å². The molecule has 1 aliphatic rings. The third kappa shape index (κ3) is 3.03. The highest BCUT2D eigenvalue weighted by Crippen LogP contribution is 2.25. The maximum atomic E-state index is 12.6. The van der Waals surface area contributed by atoms with Crippen molar-refractivity contribution in [2.24, 2.45) is 0 Å². The number of hydrogen-bond donors (Lipinski definition) is 0. The minimum Gasteiger partial charge on any atom is -0.464 e. The monoisotopic (exact) mass is 320 g/mol. The van der Waals surface area contributed by atoms with E-state index in [1.807, 2.05) is 7.05 Å². The number of likely N-dealkylation sites (tertiary alicyclic amines) is 1. The second-order valence-electron chi connectivity index (χ2n) is 5.33. The maximum Gasteiger partial charge on any atom is 0.246 e. The van der Waals surface area contributed by atoms with Crippen LogP contribution in [0.5, 0.6) is 0 Å². The van der Waals surface area contributed by atoms with E-state index in [0.29, 0.717) is 18.1 Å². The first-order valence-corrected chi connectivity index (χ1v) is 8.65. The number of likely N-dealkylation sites (N-methyl/N-ethyl adjacent to an activating group) is 2. The summed E-state index contributed by atoms with van der Waals surface area (Å²) in [5, 5.41) is 0. The molecule has 1 fully saturated rings. The lowest BCUT2D eigenvalue weighted by molar-refractivity contribution is 0.271. The zero-order valence-electron chi connectivity index (χ0n) is 12.1. The van der Waals surface area contributed by atoms with Gasteiger partial charge in [0, 0.05) is 25.7 Å². The van der Waals surface area contributed by atoms with Gasteiger partial charge in [-0.1, -0.05) is 0 Å². The number of sulfonamides is 1. The van der Waals surface area contributed by atoms with Crippen molar-refractivity contribution in [3.8, 4) is 0 Å². The Bertz CT molecular complexity index is 570. The topological polar surface area (TPSA) is 53.8 Å². The normalized spacial score (nSPS) is 20.9. The first-order chi connectivity index (χ1) is 9.36. The molecule has 1 unspecified atom stereocenters. The van der Waals surface area contributed by atoms with Gasteiger partial charge in [0.1, 0.15) is 16.4 Å². The lowest BCUT2D eigenvalue weighted by Gasteiger charge is -2.25. The van der Waals surface area contributed by atoms with Gasteiger partial charge < -0.3 is 9.32 Å². The number of rotatable bonds is 5. The van der Waals surface area contributed by atoms with Crippen molar-refractivity contribution in [1.82, 2.24) is 9.21 Å². The molecule has 2 heterocycles. The Morgan fingerprint density at radius 3 is 2.75 bits per heavy atom. The van der Waals surface area contributed by atoms with Crippen molar-refractivity contribution < 1.29 is 12.8 Å². The van der Waals surface area contributed by atoms with E-state index in [9.17, 15) is 8.42 Å². The van der Waals surface area contributed by atoms with Crippen LogP contribution in [0.2, 0.25) is 0 Å². The molecule has 1 aliphatic heterocycles. The third-order valence-electron chi connectivity index (χ3n) is 3.88. The van der Waals surface area contributed by atoms with Gasteiger partial charge in [0.25, 0.3) is 0 Å². The number of nitrogens with zero attached hydrogens (tertiary/aromatic N) is 2. The summed E-state index contributed by atoms with van der Waals surface area (Å²) in [7, 11) is 0.138. The van der Waals surface area contributed by atoms with E-state index < -0.39 is 10.0 Å². The Balaban J connectivity index is 2.18. The molecule has 1 aromatic rings. The summed E-state index contributed by atoms with van der Waals surface area (Å²) in [6.07, 6.45) is 2.16. The number of aryl methyl sites for hydroxylation is 1. The summed E-state index contributed by atoms with van der Waals surface area (Å²) in [6.45, 7) is 3.18. The van der Waals surface area contributed by atoms with Gasteiger partial charge in [0.15, 0.2) is 0 Å². The van der Waals surface area contributed by atoms with Gasteiger partial charge in [0.2, 0.25) is 10.0 Å². The summed E-state index contributed by atoms with van der Waals surface area (Å²) in [5.74, 6) is 1.05. The van der Waals surface area contributed by atoms with E-state index in [-0.39, 0.29) is 16.8 Å². The molecule has 0 spiro atoms. The van der Waals surface area contributed by atoms with Crippen LogP contribution in [0.1, 0.15) is 24.4 Å². The molecule has 1 aromatic heterocycles. The summed E-state index contributed by atoms with van der Waals surface area (Å²) < 4.78 is 31.9. The molecule has 0 bridgehead atoms. The molecule has 0 aliphatic carbocycles. The van der Waals surface area contributed by atoms with Crippen LogP contribution < -0.4 is 0 Å². The number of hydrogen-bond acceptors (Lipinski definition) is 4. The van der Waals surface area contributed by atoms with Gasteiger partial charge in [-0.25, -0.2) is 8.42 Å². The van der Waals surface area contributed by atoms with Crippen molar-refractivity contribution in [3.05, 3.63) is 17.6 Å². The summed E-state index contributed by atoms with van der Waals surface area (Å²) in [6, 6.07) is 1.81. The molecule has 0 amide bonds. The quantitative estimate of drug-likeness (QED) is 0.779. The van der Waals surface area contributed by atoms with Gasteiger partial charge in [-0.2, -0.15) is 4.31 Å². The fraction of sp³-hybridized carbons (Fsp3) is 0.692. The number of halogens is 1. The predicted octanol–water partition coefficient (Wildman–Crippen LogP) is 2.04. The predicted molar refractivity (Wildman–Crippen MR) is 78.5 cm³/mol. The number of furan rings is 1. The van der Waals surface area contributed by atoms with Gasteiger partial charge in [-0.05, 0) is 33.4 Å². The lowest BCUT2D eigenvalue weighted by atomic mass is 10.2. The van der Waals surface area contributed by atoms with Crippen LogP contribution in [-0.4, -0.2) is 50.8 Å². The molecule has 20 heavy (non-hydrogen) atoms. The standard InChI is InChI=1S/C13H21ClN2O3S/c1-10-13(7-12(8-14)19-10)20(17,18)16(3)9-11-5-4-6-15(11)2/h7,11H,4-6,8-9H2,1-3H3. The van der Waals surface area contributed by atoms with Gasteiger partial charge >= 0.3 is 0 Å². The maximum absolute atomic E-state index is 12.6. The van der Waals surface area contributed by atoms with E-state index in [2.05, 4.69) is 4.90 Å². The SMILES string of the molecule is Cc1oc(CCl)cc1S(=O)(=O)N(C)CC1CCCN1C. The van der Waals surface area contributed by atoms with Crippen molar-refractivity contribution >= 4 is 21.6 Å². The highest BCUT2D eigenvalue weighted by atomic mass is 35.5. The van der Waals surface area contributed by atoms with E-state index in [1.54, 1.807) is 14.0 Å². The average Bonchev–Trinajstić information content (AvgIpc) is 2.96. The molecule has 0 radical (unpaired) electrons. The Hall–Kier alpha value is -0.560. The van der Waals surface area contributed by atoms with Crippen LogP contribution in [-0.2, 0) is 15.9 Å². The lowest BCUT2D eigenvalue weighted by Crippen LogP contribution is -2.39. The van der Waals surface area contributed by atoms with Gasteiger partial charge in [-0.15, -0.1) is 11.6 Å². The molecule has 114 valence electrons. The Labute approximate surface area is 125 Å². The van der Waals surface area contributed by atoms with Crippen molar-refractivity contribution in [2.75, 3.05) is 27.2 Å². The summed E-state index contributed by atoms with van der Waals surface area (Å²) >= 11 is 5.69. The van der Waals surface area contributed by atoms with Crippen molar-refractivity contribution in [1.29, 1.82) is 0 Å². The Morgan fingerprint density at radius 2 is 2.25 bits per heavy atom. The first kappa shape index (κ1) is 15.8. The average molecular weight is 321 g/mol. The molecule has 2 rings (SSSR count). The molecule has 1 saturated heterocycles. The highest BCUT2D eigenvalue weighted by Gasteiger charge is 2.30. The smallest absolute Gasteiger partial charge is 0.246 e. The molecular weight excluding hydrogens is 300 g/mol. The second kappa shape index (κ2) is 6.05. The molecule has 5 nitrogen and oxygen atoms in total. The molecule has 1 atom stereocenters. The Kier molecular flexibility index (Phi) is 4.79. The summed E-state index contributed by atoms with van der Waals surface area (Å²) in [4.78, 5) is 2.43. The molecule has 7 heteroatoms. The van der Waals surface area contributed by atoms with Crippen LogP contribution >= 0.6 is 11.6 Å². The first-order valence-electron chi connectivity index (χ1n) is 6.68. The largest absolute Gasteiger partial charge is 0.464 e. The van der Waals surface area contributed by atoms with Crippen LogP contribution in [0.4, 0.5) is 0 Å². The highest BCUT2D eigenvalue weighted by molar-refractivity contribution is 7.89. The summed E-state index contributed by atoms with van der Waals surface area (Å²) in [5.41, 5.74) is 0. The van der Waals surface area contributed by atoms with E-state index >= 15 is 0 Å². The van der Waals surface area contributed by atoms with Crippen molar-refractivity contribution in [3.63, 3.8) is 0 Å². The fourth-order valence-electron chi connectivity index (χ4n) is 2.62. The van der Waals surface area contributed by atoms with Gasteiger partial charge in [0.05, 0.1) is 5.88 Å². The second-order valence-corrected chi connectivity index (χ2v) is 7.61. The zero-order chi connectivity index (χ0) is 14.9. The molecular formula is C13H21ClN2O3S. The molecule has 0 aromatic carbocycles. The van der Waals surface area contributed by atoms with Gasteiger partial charge in [-0.3, -0.25) is 0 Å². The van der Waals surface area contributed by atoms with Crippen LogP contribution in [0.3, 0.4) is 0 Å². The molecule has 0 N–H and O–H groups in total. The molecule has 0 saturated carbocycles. The third-order valence-corrected chi connectivity index (χ3v) is 6.08. The Morgan fingerprint density at radius 1 is 1.55 bits per heavy atom. The fourth-order valence-corrected chi connectivity index (χ4v) is 4.14. The van der Waals surface area contributed by atoms with Crippen LogP contribution in [0, 0.1) is 6.92 Å². The van der Waals surface area contributed by atoms with Crippen molar-refractivity contribution in [2.45, 2.75) is 36.6 Å². The zero-order valence-corrected chi connectivity index (χ0v) is 13.7. The van der Waals surface area contributed by atoms with E-state index in [4.69, 9.17) is 16.0 Å². The van der Waals surface area contributed by atoms with Crippen LogP contribution in [0.25, 0.3) is 0 Å². The minimum atomic E-state index is -3.52. The van der Waals surface area contributed by atoms with E-state index in [0.717, 1.165) is 19.4 Å². The minimum absolute atomic E-state index is 0.172.